The van der Waals surface area contributed by atoms with Crippen LogP contribution in [-0.2, 0) is 4.79 Å². The van der Waals surface area contributed by atoms with Gasteiger partial charge in [-0.05, 0) is 12.1 Å². The van der Waals surface area contributed by atoms with Crippen LogP contribution in [0, 0.1) is 0 Å². The normalized spacial score (nSPS) is 10.4. The summed E-state index contributed by atoms with van der Waals surface area (Å²) in [7, 11) is 0. The Morgan fingerprint density at radius 3 is 2.46 bits per heavy atom. The van der Waals surface area contributed by atoms with Crippen LogP contribution < -0.4 is 0 Å². The van der Waals surface area contributed by atoms with Gasteiger partial charge in [-0.15, -0.1) is 12.4 Å². The molecule has 0 radical (unpaired) electrons. The van der Waals surface area contributed by atoms with E-state index in [2.05, 4.69) is 4.98 Å². The van der Waals surface area contributed by atoms with Crippen LogP contribution in [0.5, 0.6) is 0 Å². The van der Waals surface area contributed by atoms with E-state index in [1.165, 1.54) is 24.5 Å². The molecule has 0 aliphatic carbocycles. The van der Waals surface area contributed by atoms with E-state index in [9.17, 15) is 9.18 Å². The topological polar surface area (TPSA) is 50.2 Å². The molecule has 1 N–H and O–H groups in total. The summed E-state index contributed by atoms with van der Waals surface area (Å²) in [4.78, 5) is 13.7. The van der Waals surface area contributed by atoms with E-state index in [1.54, 1.807) is 0 Å². The minimum absolute atomic E-state index is 0. The van der Waals surface area contributed by atoms with E-state index >= 15 is 0 Å². The first-order valence-corrected chi connectivity index (χ1v) is 3.20. The predicted octanol–water partition coefficient (Wildman–Crippen LogP) is 1.90. The molecule has 1 aromatic rings. The highest BCUT2D eigenvalue weighted by Crippen LogP contribution is 2.13. The molecule has 0 aliphatic rings. The molecule has 1 rings (SSSR count). The Morgan fingerprint density at radius 1 is 1.46 bits per heavy atom. The van der Waals surface area contributed by atoms with Gasteiger partial charge >= 0.3 is 5.97 Å². The summed E-state index contributed by atoms with van der Waals surface area (Å²) in [6, 6.07) is 2.80. The summed E-state index contributed by atoms with van der Waals surface area (Å²) in [6.45, 7) is 0. The predicted molar refractivity (Wildman–Crippen MR) is 48.2 cm³/mol. The first kappa shape index (κ1) is 11.6. The van der Waals surface area contributed by atoms with Crippen LogP contribution in [0.3, 0.4) is 0 Å². The molecule has 13 heavy (non-hydrogen) atoms. The minimum atomic E-state index is -1.30. The molecule has 0 atom stereocenters. The smallest absolute Gasteiger partial charge is 0.331 e. The number of nitrogens with zero attached hydrogens (tertiary/aromatic N) is 1. The van der Waals surface area contributed by atoms with Gasteiger partial charge in [-0.25, -0.2) is 9.18 Å². The molecule has 0 saturated heterocycles. The van der Waals surface area contributed by atoms with Gasteiger partial charge in [0.05, 0.1) is 6.08 Å². The standard InChI is InChI=1S/C8H6FNO2.ClH/c9-7(5-8(11)12)6-1-3-10-4-2-6;/h1-5H,(H,11,12);1H/b7-5-;. The van der Waals surface area contributed by atoms with Crippen LogP contribution in [0.25, 0.3) is 5.83 Å². The lowest BCUT2D eigenvalue weighted by atomic mass is 10.2. The van der Waals surface area contributed by atoms with Gasteiger partial charge in [0.1, 0.15) is 5.83 Å². The van der Waals surface area contributed by atoms with Crippen LogP contribution in [0.1, 0.15) is 5.56 Å². The molecule has 1 aromatic heterocycles. The number of aromatic nitrogens is 1. The zero-order valence-corrected chi connectivity index (χ0v) is 7.29. The van der Waals surface area contributed by atoms with Gasteiger partial charge < -0.3 is 5.11 Å². The van der Waals surface area contributed by atoms with Gasteiger partial charge in [-0.1, -0.05) is 0 Å². The lowest BCUT2D eigenvalue weighted by Crippen LogP contribution is -1.89. The van der Waals surface area contributed by atoms with Crippen LogP contribution in [0.15, 0.2) is 30.6 Å². The van der Waals surface area contributed by atoms with E-state index in [0.29, 0.717) is 6.08 Å². The van der Waals surface area contributed by atoms with Crippen LogP contribution in [-0.4, -0.2) is 16.1 Å². The maximum atomic E-state index is 12.8. The second kappa shape index (κ2) is 5.27. The number of carboxylic acid groups (broad SMARTS) is 1. The molecule has 0 aliphatic heterocycles. The number of hydrogen-bond donors (Lipinski definition) is 1. The van der Waals surface area contributed by atoms with Crippen LogP contribution in [0.4, 0.5) is 4.39 Å². The monoisotopic (exact) mass is 203 g/mol. The molecule has 5 heteroatoms. The molecule has 0 unspecified atom stereocenters. The lowest BCUT2D eigenvalue weighted by molar-refractivity contribution is -0.131. The van der Waals surface area contributed by atoms with Crippen LogP contribution >= 0.6 is 12.4 Å². The van der Waals surface area contributed by atoms with Crippen molar-refractivity contribution in [3.8, 4) is 0 Å². The summed E-state index contributed by atoms with van der Waals surface area (Å²) in [6.07, 6.45) is 3.30. The average molecular weight is 204 g/mol. The van der Waals surface area contributed by atoms with Gasteiger partial charge in [-0.2, -0.15) is 0 Å². The molecule has 70 valence electrons. The fourth-order valence-corrected chi connectivity index (χ4v) is 0.703. The minimum Gasteiger partial charge on any atom is -0.478 e. The van der Waals surface area contributed by atoms with Gasteiger partial charge in [-0.3, -0.25) is 4.98 Å². The largest absolute Gasteiger partial charge is 0.478 e. The molecule has 0 spiro atoms. The first-order chi connectivity index (χ1) is 5.70. The molecular formula is C8H7ClFNO2. The maximum absolute atomic E-state index is 12.8. The van der Waals surface area contributed by atoms with Crippen molar-refractivity contribution in [3.05, 3.63) is 36.2 Å². The Morgan fingerprint density at radius 2 is 2.00 bits per heavy atom. The molecular weight excluding hydrogens is 197 g/mol. The number of hydrogen-bond acceptors (Lipinski definition) is 2. The van der Waals surface area contributed by atoms with E-state index in [4.69, 9.17) is 5.11 Å². The summed E-state index contributed by atoms with van der Waals surface area (Å²) in [5.41, 5.74) is 0.215. The highest BCUT2D eigenvalue weighted by atomic mass is 35.5. The van der Waals surface area contributed by atoms with Crippen molar-refractivity contribution in [2.45, 2.75) is 0 Å². The highest BCUT2D eigenvalue weighted by Gasteiger charge is 2.00. The van der Waals surface area contributed by atoms with Crippen molar-refractivity contribution in [1.29, 1.82) is 0 Å². The second-order valence-electron chi connectivity index (χ2n) is 2.07. The van der Waals surface area contributed by atoms with Crippen molar-refractivity contribution >= 4 is 24.2 Å². The quantitative estimate of drug-likeness (QED) is 0.747. The number of pyridine rings is 1. The number of carbonyl (C=O) groups is 1. The van der Waals surface area contributed by atoms with Gasteiger partial charge in [0.25, 0.3) is 0 Å². The molecule has 1 heterocycles. The summed E-state index contributed by atoms with van der Waals surface area (Å²) < 4.78 is 12.8. The van der Waals surface area contributed by atoms with Gasteiger partial charge in [0.2, 0.25) is 0 Å². The van der Waals surface area contributed by atoms with Crippen molar-refractivity contribution in [2.75, 3.05) is 0 Å². The zero-order valence-electron chi connectivity index (χ0n) is 6.48. The number of aliphatic carboxylic acids is 1. The summed E-state index contributed by atoms with van der Waals surface area (Å²) in [5.74, 6) is -2.07. The molecule has 0 fully saturated rings. The van der Waals surface area contributed by atoms with Crippen LogP contribution in [0.2, 0.25) is 0 Å². The van der Waals surface area contributed by atoms with Crippen molar-refractivity contribution in [1.82, 2.24) is 4.98 Å². The third-order valence-corrected chi connectivity index (χ3v) is 1.21. The second-order valence-corrected chi connectivity index (χ2v) is 2.07. The van der Waals surface area contributed by atoms with Crippen molar-refractivity contribution in [3.63, 3.8) is 0 Å². The van der Waals surface area contributed by atoms with Gasteiger partial charge in [0, 0.05) is 18.0 Å². The molecule has 0 bridgehead atoms. The maximum Gasteiger partial charge on any atom is 0.331 e. The molecule has 0 amide bonds. The number of carboxylic acids is 1. The Bertz CT molecular complexity index is 313. The Hall–Kier alpha value is -1.42. The van der Waals surface area contributed by atoms with E-state index in [0.717, 1.165) is 0 Å². The fourth-order valence-electron chi connectivity index (χ4n) is 0.703. The third kappa shape index (κ3) is 3.66. The van der Waals surface area contributed by atoms with Crippen molar-refractivity contribution in [2.24, 2.45) is 0 Å². The lowest BCUT2D eigenvalue weighted by Gasteiger charge is -1.93. The van der Waals surface area contributed by atoms with Crippen molar-refractivity contribution < 1.29 is 14.3 Å². The number of halogens is 2. The Kier molecular flexibility index (Phi) is 4.69. The van der Waals surface area contributed by atoms with Gasteiger partial charge in [0.15, 0.2) is 0 Å². The Labute approximate surface area is 80.3 Å². The molecule has 3 nitrogen and oxygen atoms in total. The van der Waals surface area contributed by atoms with E-state index in [-0.39, 0.29) is 18.0 Å². The SMILES string of the molecule is Cl.O=C(O)/C=C(\F)c1ccncc1. The fraction of sp³-hybridized carbons (Fsp3) is 0. The van der Waals surface area contributed by atoms with E-state index in [1.807, 2.05) is 0 Å². The average Bonchev–Trinajstić information content (AvgIpc) is 2.05. The molecule has 0 saturated carbocycles. The first-order valence-electron chi connectivity index (χ1n) is 3.20. The Balaban J connectivity index is 0.00000144. The summed E-state index contributed by atoms with van der Waals surface area (Å²) >= 11 is 0. The third-order valence-electron chi connectivity index (χ3n) is 1.21. The molecule has 0 aromatic carbocycles. The van der Waals surface area contributed by atoms with E-state index < -0.39 is 11.8 Å². The highest BCUT2D eigenvalue weighted by molar-refractivity contribution is 5.87. The summed E-state index contributed by atoms with van der Waals surface area (Å²) in [5, 5.41) is 8.21. The zero-order chi connectivity index (χ0) is 8.97. The number of rotatable bonds is 2.